The minimum atomic E-state index is -2.22. The number of rotatable bonds is 3. The van der Waals surface area contributed by atoms with Gasteiger partial charge in [0.2, 0.25) is 0 Å². The second kappa shape index (κ2) is 9.15. The maximum atomic E-state index is 11.3. The highest BCUT2D eigenvalue weighted by molar-refractivity contribution is 8.01. The molecule has 0 spiro atoms. The summed E-state index contributed by atoms with van der Waals surface area (Å²) in [4.78, 5) is 22.4. The Morgan fingerprint density at radius 2 is 1.45 bits per heavy atom. The van der Waals surface area contributed by atoms with Crippen molar-refractivity contribution in [1.29, 1.82) is 0 Å². The van der Waals surface area contributed by atoms with Gasteiger partial charge in [0.25, 0.3) is 0 Å². The summed E-state index contributed by atoms with van der Waals surface area (Å²) in [5.41, 5.74) is -0.556. The maximum Gasteiger partial charge on any atom is 0.408 e. The van der Waals surface area contributed by atoms with E-state index < -0.39 is 21.2 Å². The van der Waals surface area contributed by atoms with E-state index in [1.165, 1.54) is 12.5 Å². The van der Waals surface area contributed by atoms with Crippen molar-refractivity contribution < 1.29 is 23.3 Å². The van der Waals surface area contributed by atoms with Crippen molar-refractivity contribution in [1.82, 2.24) is 5.32 Å². The number of hydrogen-bond acceptors (Lipinski definition) is 5. The SMILES string of the molecule is CC(C)(C)OC(=O)NCC(=O)C=S(C)(C)=O.COC(C)(C)C. The third-order valence-electron chi connectivity index (χ3n) is 1.83. The molecular formula is C15H31NO5S. The molecule has 0 fully saturated rings. The third-order valence-corrected chi connectivity index (χ3v) is 2.66. The number of ketones is 1. The second-order valence-electron chi connectivity index (χ2n) is 7.07. The Hall–Kier alpha value is -1.08. The first kappa shape index (κ1) is 23.2. The number of carbonyl (C=O) groups excluding carboxylic acids is 2. The van der Waals surface area contributed by atoms with Crippen LogP contribution in [0, 0.1) is 0 Å². The van der Waals surface area contributed by atoms with Gasteiger partial charge in [-0.25, -0.2) is 4.79 Å². The van der Waals surface area contributed by atoms with Crippen molar-refractivity contribution in [2.24, 2.45) is 0 Å². The Balaban J connectivity index is 0. The Kier molecular flexibility index (Phi) is 9.64. The molecule has 6 nitrogen and oxygen atoms in total. The lowest BCUT2D eigenvalue weighted by Gasteiger charge is -2.19. The summed E-state index contributed by atoms with van der Waals surface area (Å²) >= 11 is 0. The number of hydrogen-bond donors (Lipinski definition) is 1. The van der Waals surface area contributed by atoms with Crippen LogP contribution in [0.25, 0.3) is 0 Å². The first-order valence-electron chi connectivity index (χ1n) is 6.89. The Labute approximate surface area is 135 Å². The molecule has 0 rings (SSSR count). The topological polar surface area (TPSA) is 81.7 Å². The van der Waals surface area contributed by atoms with Crippen LogP contribution in [-0.2, 0) is 23.8 Å². The molecule has 1 N–H and O–H groups in total. The van der Waals surface area contributed by atoms with Gasteiger partial charge in [0.1, 0.15) is 5.60 Å². The Morgan fingerprint density at radius 1 is 1.05 bits per heavy atom. The Morgan fingerprint density at radius 3 is 1.73 bits per heavy atom. The molecular weight excluding hydrogens is 306 g/mol. The number of ether oxygens (including phenoxy) is 2. The van der Waals surface area contributed by atoms with E-state index in [0.717, 1.165) is 5.37 Å². The monoisotopic (exact) mass is 337 g/mol. The molecule has 0 aromatic carbocycles. The van der Waals surface area contributed by atoms with Crippen LogP contribution in [0.5, 0.6) is 0 Å². The van der Waals surface area contributed by atoms with E-state index in [1.54, 1.807) is 27.9 Å². The van der Waals surface area contributed by atoms with Crippen LogP contribution in [-0.4, -0.2) is 58.8 Å². The smallest absolute Gasteiger partial charge is 0.408 e. The highest BCUT2D eigenvalue weighted by atomic mass is 32.2. The van der Waals surface area contributed by atoms with Crippen LogP contribution in [0.1, 0.15) is 41.5 Å². The highest BCUT2D eigenvalue weighted by Gasteiger charge is 2.16. The van der Waals surface area contributed by atoms with Gasteiger partial charge in [-0.3, -0.25) is 9.00 Å². The first-order valence-corrected chi connectivity index (χ1v) is 9.33. The van der Waals surface area contributed by atoms with E-state index in [0.29, 0.717) is 0 Å². The summed E-state index contributed by atoms with van der Waals surface area (Å²) in [6.07, 6.45) is 2.25. The summed E-state index contributed by atoms with van der Waals surface area (Å²) in [6, 6.07) is 0. The van der Waals surface area contributed by atoms with Gasteiger partial charge in [0.15, 0.2) is 5.78 Å². The molecule has 0 saturated heterocycles. The molecule has 0 aromatic rings. The van der Waals surface area contributed by atoms with Crippen LogP contribution in [0.4, 0.5) is 4.79 Å². The van der Waals surface area contributed by atoms with Crippen molar-refractivity contribution in [3.63, 3.8) is 0 Å². The molecule has 0 atom stereocenters. The summed E-state index contributed by atoms with van der Waals surface area (Å²) in [5.74, 6) is -0.388. The third kappa shape index (κ3) is 21.2. The van der Waals surface area contributed by atoms with E-state index >= 15 is 0 Å². The molecule has 0 aromatic heterocycles. The lowest BCUT2D eigenvalue weighted by Crippen LogP contribution is -2.36. The van der Waals surface area contributed by atoms with Crippen molar-refractivity contribution in [3.8, 4) is 0 Å². The Bertz CT molecular complexity index is 469. The molecule has 0 aliphatic heterocycles. The lowest BCUT2D eigenvalue weighted by atomic mass is 10.2. The van der Waals surface area contributed by atoms with Crippen LogP contribution in [0.3, 0.4) is 0 Å². The van der Waals surface area contributed by atoms with Crippen molar-refractivity contribution in [3.05, 3.63) is 0 Å². The number of methoxy groups -OCH3 is 1. The quantitative estimate of drug-likeness (QED) is 0.795. The fourth-order valence-electron chi connectivity index (χ4n) is 0.832. The van der Waals surface area contributed by atoms with E-state index in [2.05, 4.69) is 5.32 Å². The molecule has 0 radical (unpaired) electrons. The number of nitrogens with one attached hydrogen (secondary N) is 1. The molecule has 0 bridgehead atoms. The van der Waals surface area contributed by atoms with Gasteiger partial charge in [0.05, 0.1) is 12.1 Å². The van der Waals surface area contributed by atoms with Crippen LogP contribution in [0.2, 0.25) is 0 Å². The van der Waals surface area contributed by atoms with Gasteiger partial charge < -0.3 is 14.8 Å². The fourth-order valence-corrected chi connectivity index (χ4v) is 1.55. The van der Waals surface area contributed by atoms with Crippen molar-refractivity contribution >= 4 is 26.8 Å². The predicted molar refractivity (Wildman–Crippen MR) is 92.1 cm³/mol. The number of amides is 1. The normalized spacial score (nSPS) is 11.9. The van der Waals surface area contributed by atoms with E-state index in [9.17, 15) is 13.8 Å². The molecule has 0 unspecified atom stereocenters. The van der Waals surface area contributed by atoms with E-state index in [4.69, 9.17) is 9.47 Å². The largest absolute Gasteiger partial charge is 0.444 e. The molecule has 0 aliphatic carbocycles. The number of Topliss-reactive ketones (excluding diaryl/α,β-unsaturated/α-hetero) is 1. The summed E-state index contributed by atoms with van der Waals surface area (Å²) < 4.78 is 21.1. The zero-order valence-electron chi connectivity index (χ0n) is 15.2. The average molecular weight is 337 g/mol. The molecule has 0 saturated carbocycles. The summed E-state index contributed by atoms with van der Waals surface area (Å²) in [7, 11) is -0.515. The van der Waals surface area contributed by atoms with Crippen LogP contribution >= 0.6 is 0 Å². The minimum absolute atomic E-state index is 0.0417. The molecule has 22 heavy (non-hydrogen) atoms. The van der Waals surface area contributed by atoms with Gasteiger partial charge >= 0.3 is 6.09 Å². The molecule has 7 heteroatoms. The minimum Gasteiger partial charge on any atom is -0.444 e. The van der Waals surface area contributed by atoms with Crippen molar-refractivity contribution in [2.75, 3.05) is 26.2 Å². The molecule has 0 aliphatic rings. The lowest BCUT2D eigenvalue weighted by molar-refractivity contribution is -0.111. The van der Waals surface area contributed by atoms with Gasteiger partial charge in [-0.05, 0) is 51.1 Å². The summed E-state index contributed by atoms with van der Waals surface area (Å²) in [5, 5.41) is 3.41. The number of carbonyl (C=O) groups is 2. The zero-order chi connectivity index (χ0) is 18.2. The van der Waals surface area contributed by atoms with Crippen LogP contribution in [0.15, 0.2) is 0 Å². The zero-order valence-corrected chi connectivity index (χ0v) is 16.1. The maximum absolute atomic E-state index is 11.3. The fraction of sp³-hybridized carbons (Fsp3) is 0.800. The standard InChI is InChI=1S/C10H19NO4S.C5H12O/c1-10(2,3)15-9(13)11-6-8(12)7-16(4,5)14;1-5(2,3)6-4/h7H,6H2,1-5H3,(H,11,13);1-4H3. The van der Waals surface area contributed by atoms with Crippen molar-refractivity contribution in [2.45, 2.75) is 52.7 Å². The van der Waals surface area contributed by atoms with E-state index in [1.807, 2.05) is 20.8 Å². The van der Waals surface area contributed by atoms with Crippen LogP contribution < -0.4 is 5.32 Å². The molecule has 132 valence electrons. The van der Waals surface area contributed by atoms with Gasteiger partial charge in [-0.1, -0.05) is 0 Å². The van der Waals surface area contributed by atoms with Gasteiger partial charge in [0, 0.05) is 25.0 Å². The average Bonchev–Trinajstić information content (AvgIpc) is 2.21. The highest BCUT2D eigenvalue weighted by Crippen LogP contribution is 2.06. The van der Waals surface area contributed by atoms with E-state index in [-0.39, 0.29) is 17.9 Å². The van der Waals surface area contributed by atoms with Gasteiger partial charge in [-0.15, -0.1) is 0 Å². The summed E-state index contributed by atoms with van der Waals surface area (Å²) in [6.45, 7) is 11.0. The van der Waals surface area contributed by atoms with Gasteiger partial charge in [-0.2, -0.15) is 0 Å². The molecule has 1 amide bonds. The number of alkyl carbamates (subject to hydrolysis) is 1. The second-order valence-corrected chi connectivity index (χ2v) is 9.92. The predicted octanol–water partition coefficient (Wildman–Crippen LogP) is 1.86. The molecule has 0 heterocycles. The first-order chi connectivity index (χ1) is 9.56.